The van der Waals surface area contributed by atoms with Crippen molar-refractivity contribution in [3.8, 4) is 11.5 Å². The third-order valence-electron chi connectivity index (χ3n) is 7.68. The molecule has 2 aliphatic heterocycles. The number of carbonyl (C=O) groups excluding carboxylic acids is 2. The van der Waals surface area contributed by atoms with Crippen LogP contribution in [-0.4, -0.2) is 42.6 Å². The van der Waals surface area contributed by atoms with Crippen LogP contribution in [0.4, 0.5) is 0 Å². The van der Waals surface area contributed by atoms with E-state index < -0.39 is 5.72 Å². The molecular formula is C23H30N2O4. The third kappa shape index (κ3) is 3.08. The molecule has 3 aliphatic carbocycles. The molecule has 1 aromatic carbocycles. The molecular weight excluding hydrogens is 368 g/mol. The Labute approximate surface area is 171 Å². The highest BCUT2D eigenvalue weighted by atomic mass is 16.5. The number of carbonyl (C=O) groups is 2. The van der Waals surface area contributed by atoms with Crippen LogP contribution in [0.5, 0.6) is 11.5 Å². The van der Waals surface area contributed by atoms with E-state index in [0.29, 0.717) is 35.3 Å². The molecule has 1 saturated heterocycles. The van der Waals surface area contributed by atoms with Gasteiger partial charge in [-0.3, -0.25) is 9.59 Å². The van der Waals surface area contributed by atoms with Gasteiger partial charge in [0.1, 0.15) is 11.5 Å². The van der Waals surface area contributed by atoms with E-state index in [-0.39, 0.29) is 23.7 Å². The molecule has 1 spiro atoms. The lowest BCUT2D eigenvalue weighted by molar-refractivity contribution is -0.156. The molecule has 4 atom stereocenters. The molecule has 6 rings (SSSR count). The summed E-state index contributed by atoms with van der Waals surface area (Å²) >= 11 is 0. The summed E-state index contributed by atoms with van der Waals surface area (Å²) in [6.45, 7) is 4.04. The maximum absolute atomic E-state index is 13.2. The molecule has 4 fully saturated rings. The summed E-state index contributed by atoms with van der Waals surface area (Å²) in [6.07, 6.45) is 5.75. The first-order valence-electron chi connectivity index (χ1n) is 11.0. The second-order valence-corrected chi connectivity index (χ2v) is 9.40. The van der Waals surface area contributed by atoms with Crippen LogP contribution in [0.15, 0.2) is 18.2 Å². The van der Waals surface area contributed by atoms with Gasteiger partial charge in [-0.15, -0.1) is 0 Å². The van der Waals surface area contributed by atoms with E-state index in [1.165, 1.54) is 0 Å². The number of benzene rings is 1. The van der Waals surface area contributed by atoms with Gasteiger partial charge in [0.2, 0.25) is 5.91 Å². The molecule has 1 aromatic rings. The molecule has 29 heavy (non-hydrogen) atoms. The molecule has 0 radical (unpaired) electrons. The number of ether oxygens (including phenoxy) is 2. The van der Waals surface area contributed by atoms with Gasteiger partial charge in [0.15, 0.2) is 5.72 Å². The van der Waals surface area contributed by atoms with Crippen LogP contribution in [0.2, 0.25) is 0 Å². The fraction of sp³-hybridized carbons (Fsp3) is 0.652. The molecule has 2 amide bonds. The number of amides is 2. The van der Waals surface area contributed by atoms with Crippen molar-refractivity contribution in [2.75, 3.05) is 20.2 Å². The number of fused-ring (bicyclic) bond motifs is 3. The average molecular weight is 399 g/mol. The van der Waals surface area contributed by atoms with Crippen molar-refractivity contribution in [3.63, 3.8) is 0 Å². The van der Waals surface area contributed by atoms with E-state index in [4.69, 9.17) is 9.47 Å². The second-order valence-electron chi connectivity index (χ2n) is 9.40. The highest BCUT2D eigenvalue weighted by Gasteiger charge is 2.57. The summed E-state index contributed by atoms with van der Waals surface area (Å²) in [7, 11) is 1.61. The van der Waals surface area contributed by atoms with Gasteiger partial charge in [-0.05, 0) is 56.1 Å². The standard InChI is InChI=1S/C23H30N2O4/c1-14-7-9-25(10-8-14)22(27)19-11-16-4-3-15(19)13-23(16)24-21(26)18-6-5-17(28-2)12-20(18)29-23/h5-6,12,14-16,19H,3-4,7-11,13H2,1-2H3,(H,24,26). The van der Waals surface area contributed by atoms with Crippen molar-refractivity contribution < 1.29 is 19.1 Å². The summed E-state index contributed by atoms with van der Waals surface area (Å²) in [5.41, 5.74) is -0.139. The number of nitrogens with zero attached hydrogens (tertiary/aromatic N) is 1. The highest BCUT2D eigenvalue weighted by Crippen LogP contribution is 2.53. The molecule has 5 aliphatic rings. The number of likely N-dealkylation sites (tertiary alicyclic amines) is 1. The fourth-order valence-electron chi connectivity index (χ4n) is 5.88. The van der Waals surface area contributed by atoms with Crippen LogP contribution in [0.3, 0.4) is 0 Å². The Kier molecular flexibility index (Phi) is 4.48. The van der Waals surface area contributed by atoms with Crippen molar-refractivity contribution >= 4 is 11.8 Å². The minimum absolute atomic E-state index is 0.0694. The predicted molar refractivity (Wildman–Crippen MR) is 108 cm³/mol. The molecule has 156 valence electrons. The number of rotatable bonds is 2. The zero-order valence-electron chi connectivity index (χ0n) is 17.3. The van der Waals surface area contributed by atoms with Crippen molar-refractivity contribution in [2.45, 2.75) is 51.2 Å². The van der Waals surface area contributed by atoms with Crippen LogP contribution in [-0.2, 0) is 4.79 Å². The smallest absolute Gasteiger partial charge is 0.258 e. The lowest BCUT2D eigenvalue weighted by Gasteiger charge is -2.55. The molecule has 2 heterocycles. The van der Waals surface area contributed by atoms with Gasteiger partial charge < -0.3 is 19.7 Å². The predicted octanol–water partition coefficient (Wildman–Crippen LogP) is 3.21. The second kappa shape index (κ2) is 6.92. The zero-order chi connectivity index (χ0) is 20.2. The zero-order valence-corrected chi connectivity index (χ0v) is 17.3. The number of nitrogens with one attached hydrogen (secondary N) is 1. The number of piperidine rings is 1. The quantitative estimate of drug-likeness (QED) is 0.831. The van der Waals surface area contributed by atoms with Crippen LogP contribution >= 0.6 is 0 Å². The van der Waals surface area contributed by atoms with Crippen LogP contribution < -0.4 is 14.8 Å². The van der Waals surface area contributed by atoms with E-state index in [2.05, 4.69) is 17.1 Å². The molecule has 6 nitrogen and oxygen atoms in total. The maximum Gasteiger partial charge on any atom is 0.258 e. The van der Waals surface area contributed by atoms with Gasteiger partial charge in [0.25, 0.3) is 5.91 Å². The normalized spacial score (nSPS) is 33.8. The van der Waals surface area contributed by atoms with E-state index in [1.54, 1.807) is 25.3 Å². The lowest BCUT2D eigenvalue weighted by atomic mass is 9.59. The Hall–Kier alpha value is -2.24. The lowest BCUT2D eigenvalue weighted by Crippen LogP contribution is -2.67. The van der Waals surface area contributed by atoms with E-state index in [0.717, 1.165) is 45.2 Å². The van der Waals surface area contributed by atoms with Crippen LogP contribution in [0.25, 0.3) is 0 Å². The largest absolute Gasteiger partial charge is 0.497 e. The van der Waals surface area contributed by atoms with Gasteiger partial charge in [0, 0.05) is 37.4 Å². The topological polar surface area (TPSA) is 67.9 Å². The van der Waals surface area contributed by atoms with Gasteiger partial charge in [-0.2, -0.15) is 0 Å². The number of hydrogen-bond acceptors (Lipinski definition) is 4. The minimum Gasteiger partial charge on any atom is -0.497 e. The SMILES string of the molecule is COc1ccc2c(c1)OC1(CC3CCC1CC3C(=O)N1CCC(C)CC1)NC2=O. The van der Waals surface area contributed by atoms with E-state index in [9.17, 15) is 9.59 Å². The highest BCUT2D eigenvalue weighted by molar-refractivity contribution is 5.98. The van der Waals surface area contributed by atoms with E-state index in [1.807, 2.05) is 0 Å². The van der Waals surface area contributed by atoms with Gasteiger partial charge in [-0.1, -0.05) is 6.92 Å². The third-order valence-corrected chi connectivity index (χ3v) is 7.68. The molecule has 3 saturated carbocycles. The van der Waals surface area contributed by atoms with Crippen LogP contribution in [0.1, 0.15) is 55.8 Å². The summed E-state index contributed by atoms with van der Waals surface area (Å²) in [4.78, 5) is 28.2. The molecule has 4 unspecified atom stereocenters. The van der Waals surface area contributed by atoms with E-state index >= 15 is 0 Å². The summed E-state index contributed by atoms with van der Waals surface area (Å²) in [5, 5.41) is 3.17. The monoisotopic (exact) mass is 398 g/mol. The Bertz CT molecular complexity index is 832. The van der Waals surface area contributed by atoms with Gasteiger partial charge in [0.05, 0.1) is 12.7 Å². The Morgan fingerprint density at radius 3 is 2.72 bits per heavy atom. The first-order valence-corrected chi connectivity index (χ1v) is 11.0. The maximum atomic E-state index is 13.2. The Morgan fingerprint density at radius 1 is 1.24 bits per heavy atom. The number of hydrogen-bond donors (Lipinski definition) is 1. The molecule has 1 N–H and O–H groups in total. The van der Waals surface area contributed by atoms with Crippen LogP contribution in [0, 0.1) is 23.7 Å². The Balaban J connectivity index is 1.36. The summed E-state index contributed by atoms with van der Waals surface area (Å²) in [5.74, 6) is 2.72. The number of methoxy groups -OCH3 is 1. The fourth-order valence-corrected chi connectivity index (χ4v) is 5.88. The minimum atomic E-state index is -0.688. The summed E-state index contributed by atoms with van der Waals surface area (Å²) < 4.78 is 11.8. The first-order chi connectivity index (χ1) is 14.0. The van der Waals surface area contributed by atoms with Gasteiger partial charge >= 0.3 is 0 Å². The molecule has 2 bridgehead atoms. The summed E-state index contributed by atoms with van der Waals surface area (Å²) in [6, 6.07) is 5.33. The molecule has 6 heteroatoms. The van der Waals surface area contributed by atoms with Crippen molar-refractivity contribution in [3.05, 3.63) is 23.8 Å². The molecule has 0 aromatic heterocycles. The Morgan fingerprint density at radius 2 is 2.03 bits per heavy atom. The average Bonchev–Trinajstić information content (AvgIpc) is 2.73. The van der Waals surface area contributed by atoms with Gasteiger partial charge in [-0.25, -0.2) is 0 Å². The van der Waals surface area contributed by atoms with Crippen molar-refractivity contribution in [1.29, 1.82) is 0 Å². The first kappa shape index (κ1) is 18.8. The van der Waals surface area contributed by atoms with Crippen molar-refractivity contribution in [1.82, 2.24) is 10.2 Å². The van der Waals surface area contributed by atoms with Crippen molar-refractivity contribution in [2.24, 2.45) is 23.7 Å².